The molecular weight excluding hydrogens is 709 g/mol. The zero-order valence-electron chi connectivity index (χ0n) is 33.1. The van der Waals surface area contributed by atoms with Crippen LogP contribution in [0.4, 0.5) is 5.69 Å². The number of aromatic nitrogens is 1. The van der Waals surface area contributed by atoms with E-state index < -0.39 is 0 Å². The van der Waals surface area contributed by atoms with Gasteiger partial charge in [0.2, 0.25) is 0 Å². The van der Waals surface area contributed by atoms with Gasteiger partial charge < -0.3 is 4.40 Å². The molecule has 0 saturated carbocycles. The second kappa shape index (κ2) is 14.5. The van der Waals surface area contributed by atoms with Gasteiger partial charge in [-0.3, -0.25) is 4.99 Å². The van der Waals surface area contributed by atoms with Crippen molar-refractivity contribution in [2.75, 3.05) is 0 Å². The zero-order chi connectivity index (χ0) is 38.6. The SMILES string of the molecule is CC.CC(=Nc1c(C(C)c2ccccc2)sc2ccccc12)c1ccc(CC2CCc3ccccc3-c3cc4c5ccccc5n5c6ccccc6c(c32)c45)cc1. The third kappa shape index (κ3) is 5.79. The van der Waals surface area contributed by atoms with E-state index in [-0.39, 0.29) is 5.92 Å². The molecule has 1 aliphatic carbocycles. The van der Waals surface area contributed by atoms with Crippen LogP contribution in [-0.4, -0.2) is 10.1 Å². The third-order valence-corrected chi connectivity index (χ3v) is 13.7. The Bertz CT molecular complexity index is 3090. The van der Waals surface area contributed by atoms with Crippen molar-refractivity contribution in [2.45, 2.75) is 58.8 Å². The topological polar surface area (TPSA) is 16.8 Å². The van der Waals surface area contributed by atoms with Crippen LogP contribution in [0.15, 0.2) is 163 Å². The summed E-state index contributed by atoms with van der Waals surface area (Å²) in [5, 5.41) is 6.72. The lowest BCUT2D eigenvalue weighted by Gasteiger charge is -2.21. The summed E-state index contributed by atoms with van der Waals surface area (Å²) in [7, 11) is 0. The van der Waals surface area contributed by atoms with Crippen molar-refractivity contribution < 1.29 is 0 Å². The number of hydrogen-bond acceptors (Lipinski definition) is 2. The largest absolute Gasteiger partial charge is 0.308 e. The predicted molar refractivity (Wildman–Crippen MR) is 247 cm³/mol. The first-order chi connectivity index (χ1) is 28.1. The van der Waals surface area contributed by atoms with Gasteiger partial charge in [-0.25, -0.2) is 0 Å². The van der Waals surface area contributed by atoms with E-state index >= 15 is 0 Å². The number of benzene rings is 7. The van der Waals surface area contributed by atoms with Gasteiger partial charge in [0.25, 0.3) is 0 Å². The Morgan fingerprint density at radius 1 is 0.684 bits per heavy atom. The molecule has 0 spiro atoms. The van der Waals surface area contributed by atoms with E-state index in [1.54, 1.807) is 0 Å². The summed E-state index contributed by atoms with van der Waals surface area (Å²) >= 11 is 1.87. The minimum absolute atomic E-state index is 0.261. The minimum atomic E-state index is 0.261. The molecule has 11 rings (SSSR count). The van der Waals surface area contributed by atoms with Crippen LogP contribution in [-0.2, 0) is 12.8 Å². The van der Waals surface area contributed by atoms with Gasteiger partial charge >= 0.3 is 0 Å². The molecule has 57 heavy (non-hydrogen) atoms. The normalized spacial score (nSPS) is 14.8. The standard InChI is InChI=1S/C52H40N2S.C2H6/c1-32(35-14-4-3-5-15-35)52-50(42-20-10-13-23-47(42)55-52)53-33(2)36-26-24-34(25-27-36)30-38-29-28-37-16-6-7-17-39(37)43-31-44-40-18-8-11-21-45(40)54-46-22-12-9-19-41(46)49(48(38)43)51(44)54;1-2/h3-27,31-32,38H,28-30H2,1-2H3;1-2H3. The van der Waals surface area contributed by atoms with Crippen molar-refractivity contribution in [3.05, 3.63) is 190 Å². The number of aryl methyl sites for hydroxylation is 1. The van der Waals surface area contributed by atoms with E-state index in [4.69, 9.17) is 4.99 Å². The number of thiophene rings is 1. The summed E-state index contributed by atoms with van der Waals surface area (Å²) in [5.74, 6) is 0.635. The Hall–Kier alpha value is -6.03. The van der Waals surface area contributed by atoms with Gasteiger partial charge in [0.15, 0.2) is 0 Å². The van der Waals surface area contributed by atoms with Crippen molar-refractivity contribution in [3.8, 4) is 11.1 Å². The van der Waals surface area contributed by atoms with Crippen LogP contribution in [0.25, 0.3) is 59.3 Å². The summed E-state index contributed by atoms with van der Waals surface area (Å²) in [6.07, 6.45) is 3.18. The molecular formula is C54H46N2S. The molecule has 10 aromatic rings. The van der Waals surface area contributed by atoms with Gasteiger partial charge in [-0.05, 0) is 95.3 Å². The molecule has 0 amide bonds. The number of hydrogen-bond donors (Lipinski definition) is 0. The van der Waals surface area contributed by atoms with Gasteiger partial charge in [-0.15, -0.1) is 11.3 Å². The highest BCUT2D eigenvalue weighted by Crippen LogP contribution is 2.50. The average molecular weight is 755 g/mol. The first-order valence-corrected chi connectivity index (χ1v) is 21.4. The fourth-order valence-electron chi connectivity index (χ4n) is 9.62. The number of rotatable bonds is 6. The molecule has 2 unspecified atom stereocenters. The maximum atomic E-state index is 5.40. The monoisotopic (exact) mass is 754 g/mol. The maximum Gasteiger partial charge on any atom is 0.0856 e. The maximum absolute atomic E-state index is 5.40. The van der Waals surface area contributed by atoms with Gasteiger partial charge in [0.1, 0.15) is 0 Å². The Balaban J connectivity index is 0.00000195. The van der Waals surface area contributed by atoms with Crippen LogP contribution in [0.2, 0.25) is 0 Å². The highest BCUT2D eigenvalue weighted by molar-refractivity contribution is 7.19. The van der Waals surface area contributed by atoms with Crippen LogP contribution in [0.5, 0.6) is 0 Å². The number of fused-ring (bicyclic) bond motifs is 11. The molecule has 0 fully saturated rings. The van der Waals surface area contributed by atoms with Gasteiger partial charge in [-0.2, -0.15) is 0 Å². The molecule has 7 aromatic carbocycles. The lowest BCUT2D eigenvalue weighted by Crippen LogP contribution is -2.06. The van der Waals surface area contributed by atoms with Crippen molar-refractivity contribution in [3.63, 3.8) is 0 Å². The van der Waals surface area contributed by atoms with Crippen LogP contribution < -0.4 is 0 Å². The molecule has 3 heteroatoms. The molecule has 2 nitrogen and oxygen atoms in total. The molecule has 3 heterocycles. The van der Waals surface area contributed by atoms with Crippen LogP contribution in [0.1, 0.15) is 78.6 Å². The summed E-state index contributed by atoms with van der Waals surface area (Å²) in [6.45, 7) is 8.48. The molecule has 0 radical (unpaired) electrons. The molecule has 0 bridgehead atoms. The van der Waals surface area contributed by atoms with Gasteiger partial charge in [-0.1, -0.05) is 154 Å². The molecule has 0 saturated heterocycles. The average Bonchev–Trinajstić information content (AvgIpc) is 3.89. The van der Waals surface area contributed by atoms with Crippen LogP contribution in [0, 0.1) is 0 Å². The van der Waals surface area contributed by atoms with E-state index in [1.165, 1.54) is 92.0 Å². The summed E-state index contributed by atoms with van der Waals surface area (Å²) < 4.78 is 3.82. The second-order valence-electron chi connectivity index (χ2n) is 15.4. The Labute approximate surface area is 339 Å². The second-order valence-corrected chi connectivity index (χ2v) is 16.5. The lowest BCUT2D eigenvalue weighted by molar-refractivity contribution is 0.633. The van der Waals surface area contributed by atoms with Gasteiger partial charge in [0.05, 0.1) is 22.2 Å². The van der Waals surface area contributed by atoms with Crippen LogP contribution in [0.3, 0.4) is 0 Å². The Morgan fingerprint density at radius 3 is 2.12 bits per heavy atom. The number of aliphatic imine (C=N–C) groups is 1. The fourth-order valence-corrected chi connectivity index (χ4v) is 10.8. The van der Waals surface area contributed by atoms with Crippen molar-refractivity contribution >= 4 is 70.9 Å². The van der Waals surface area contributed by atoms with E-state index in [0.717, 1.165) is 30.7 Å². The van der Waals surface area contributed by atoms with E-state index in [2.05, 4.69) is 176 Å². The number of para-hydroxylation sites is 2. The van der Waals surface area contributed by atoms with E-state index in [1.807, 2.05) is 25.2 Å². The highest BCUT2D eigenvalue weighted by Gasteiger charge is 2.30. The van der Waals surface area contributed by atoms with E-state index in [0.29, 0.717) is 5.92 Å². The third-order valence-electron chi connectivity index (χ3n) is 12.3. The lowest BCUT2D eigenvalue weighted by atomic mass is 9.83. The predicted octanol–water partition coefficient (Wildman–Crippen LogP) is 15.3. The summed E-state index contributed by atoms with van der Waals surface area (Å²) in [6, 6.07) is 58.5. The van der Waals surface area contributed by atoms with Gasteiger partial charge in [0, 0.05) is 48.1 Å². The Kier molecular flexibility index (Phi) is 8.99. The molecule has 278 valence electrons. The van der Waals surface area contributed by atoms with Crippen LogP contribution >= 0.6 is 11.3 Å². The van der Waals surface area contributed by atoms with Crippen molar-refractivity contribution in [1.29, 1.82) is 0 Å². The number of nitrogens with zero attached hydrogens (tertiary/aromatic N) is 2. The Morgan fingerprint density at radius 2 is 1.33 bits per heavy atom. The first-order valence-electron chi connectivity index (χ1n) is 20.6. The molecule has 0 aliphatic heterocycles. The fraction of sp³-hybridized carbons (Fsp3) is 0.167. The molecule has 1 aliphatic rings. The van der Waals surface area contributed by atoms with Crippen molar-refractivity contribution in [2.24, 2.45) is 4.99 Å². The molecule has 0 N–H and O–H groups in total. The van der Waals surface area contributed by atoms with E-state index in [9.17, 15) is 0 Å². The smallest absolute Gasteiger partial charge is 0.0856 e. The highest BCUT2D eigenvalue weighted by atomic mass is 32.1. The first kappa shape index (κ1) is 35.4. The molecule has 3 aromatic heterocycles. The minimum Gasteiger partial charge on any atom is -0.308 e. The van der Waals surface area contributed by atoms with Crippen molar-refractivity contribution in [1.82, 2.24) is 4.40 Å². The summed E-state index contributed by atoms with van der Waals surface area (Å²) in [5.41, 5.74) is 15.7. The quantitative estimate of drug-likeness (QED) is 0.150. The summed E-state index contributed by atoms with van der Waals surface area (Å²) in [4.78, 5) is 6.71. The molecule has 2 atom stereocenters. The zero-order valence-corrected chi connectivity index (χ0v) is 33.9.